The number of nitrogens with one attached hydrogen (secondary N) is 1. The van der Waals surface area contributed by atoms with Crippen LogP contribution in [0.5, 0.6) is 0 Å². The fraction of sp³-hybridized carbons (Fsp3) is 0.0794. The molecule has 0 bridgehead atoms. The quantitative estimate of drug-likeness (QED) is 0.0271. The molecule has 8 aromatic carbocycles. The molecule has 434 valence electrons. The summed E-state index contributed by atoms with van der Waals surface area (Å²) >= 11 is 30.6. The number of aromatic nitrogens is 2. The smallest absolute Gasteiger partial charge is 0.870 e. The molecule has 0 fully saturated rings. The van der Waals surface area contributed by atoms with E-state index in [1.807, 2.05) is 133 Å². The third-order valence-corrected chi connectivity index (χ3v) is 14.2. The van der Waals surface area contributed by atoms with Crippen LogP contribution in [-0.2, 0) is 0 Å². The molecule has 1 heterocycles. The standard InChI is InChI=1S/C22H13Br3N2.C15H9Br3O.C8H7BrO.C7H4Br2O.C7H8N2.2C2H6O.ClH.Na.H2O/c23-17-8-6-14(7-9-17)20-13-21(16-10-18(24)12-19(25)11-16)27-22(26-20)15-4-2-1-3-5-15;16-12-4-2-11(3-5-12)15(19)6-1-10-7-13(17)9-14(18)8-10;1-6(10)7-2-4-8(9)5-3-7;8-6-1-5(4-10)2-7(9)3-6;8-7(9)6-4-2-1-3-5-6;2*1-2-3;;;/h1-13H;1-9H;2-5H,1H3;1-4H;1-5H,(H3,8,9);2*3H,2H2,1H3;1H;;1H2/q;;;;;;;;+1;/p-1/b;6-1+;;;;;;;;. The molecule has 0 saturated heterocycles. The summed E-state index contributed by atoms with van der Waals surface area (Å²) < 4.78 is 8.75. The minimum atomic E-state index is -0.0106. The van der Waals surface area contributed by atoms with Crippen LogP contribution in [0.4, 0.5) is 0 Å². The second kappa shape index (κ2) is 44.9. The number of nitrogens with two attached hydrogens (primary N) is 1. The number of aliphatic hydroxyl groups is 2. The molecule has 0 amide bonds. The summed E-state index contributed by atoms with van der Waals surface area (Å²) in [6, 6.07) is 61.5. The summed E-state index contributed by atoms with van der Waals surface area (Å²) in [5.41, 5.74) is 13.9. The number of aldehydes is 1. The Balaban J connectivity index is 0.00000106. The third kappa shape index (κ3) is 32.0. The molecule has 9 rings (SSSR count). The first-order chi connectivity index (χ1) is 38.7. The molecular weight excluding hydrogens is 1690 g/mol. The summed E-state index contributed by atoms with van der Waals surface area (Å²) in [6.07, 6.45) is 4.20. The average Bonchev–Trinajstić information content (AvgIpc) is 3.59. The van der Waals surface area contributed by atoms with Crippen LogP contribution in [0, 0.1) is 5.41 Å². The Labute approximate surface area is 595 Å². The number of carbonyl (C=O) groups is 3. The third-order valence-electron chi connectivity index (χ3n) is 9.85. The van der Waals surface area contributed by atoms with Crippen LogP contribution in [0.1, 0.15) is 63.0 Å². The normalized spacial score (nSPS) is 9.55. The fourth-order valence-corrected chi connectivity index (χ4v) is 11.0. The molecule has 0 unspecified atom stereocenters. The van der Waals surface area contributed by atoms with Gasteiger partial charge in [-0.15, -0.1) is 12.4 Å². The van der Waals surface area contributed by atoms with Gasteiger partial charge in [0.15, 0.2) is 17.4 Å². The SMILES string of the molecule is Brc1ccc(-c2cc(-c3cc(Br)cc(Br)c3)nc(-c3ccccc3)n2)cc1.CC(=O)c1ccc(Br)cc1.CCO.CCO.Cl.N=C(N)c1ccccc1.O=C(/C=C/c1cc(Br)cc(Br)c1)c1ccc(Br)cc1.O=Cc1cc(Br)cc(Br)c1.[Na+].[OH-]. The number of hydrogen-bond acceptors (Lipinski definition) is 9. The van der Waals surface area contributed by atoms with Crippen molar-refractivity contribution < 1.29 is 59.6 Å². The molecule has 6 N–H and O–H groups in total. The van der Waals surface area contributed by atoms with E-state index in [1.54, 1.807) is 69.3 Å². The summed E-state index contributed by atoms with van der Waals surface area (Å²) in [4.78, 5) is 42.6. The van der Waals surface area contributed by atoms with Crippen LogP contribution in [0.25, 0.3) is 40.0 Å². The van der Waals surface area contributed by atoms with Gasteiger partial charge in [-0.3, -0.25) is 19.8 Å². The van der Waals surface area contributed by atoms with E-state index in [0.29, 0.717) is 17.0 Å². The van der Waals surface area contributed by atoms with Gasteiger partial charge < -0.3 is 21.4 Å². The predicted octanol–water partition coefficient (Wildman–Crippen LogP) is 17.5. The van der Waals surface area contributed by atoms with E-state index in [0.717, 1.165) is 91.3 Å². The van der Waals surface area contributed by atoms with Crippen LogP contribution in [0.2, 0.25) is 0 Å². The topological polar surface area (TPSA) is 197 Å². The van der Waals surface area contributed by atoms with Crippen LogP contribution in [0.15, 0.2) is 240 Å². The monoisotopic (exact) mass is 1730 g/mol. The minimum Gasteiger partial charge on any atom is -0.870 e. The zero-order valence-electron chi connectivity index (χ0n) is 45.5. The van der Waals surface area contributed by atoms with Crippen LogP contribution in [0.3, 0.4) is 0 Å². The van der Waals surface area contributed by atoms with Crippen molar-refractivity contribution in [3.63, 3.8) is 0 Å². The summed E-state index contributed by atoms with van der Waals surface area (Å²) in [5, 5.41) is 22.2. The van der Waals surface area contributed by atoms with Gasteiger partial charge in [-0.2, -0.15) is 0 Å². The molecule has 0 aliphatic heterocycles. The maximum Gasteiger partial charge on any atom is 1.00 e. The van der Waals surface area contributed by atoms with Gasteiger partial charge in [0.2, 0.25) is 0 Å². The van der Waals surface area contributed by atoms with Gasteiger partial charge in [-0.1, -0.05) is 234 Å². The number of halogens is 10. The molecule has 84 heavy (non-hydrogen) atoms. The molecule has 10 nitrogen and oxygen atoms in total. The Hall–Kier alpha value is -3.45. The minimum absolute atomic E-state index is 0. The Bertz CT molecular complexity index is 3400. The van der Waals surface area contributed by atoms with Crippen LogP contribution in [-0.4, -0.2) is 62.6 Å². The summed E-state index contributed by atoms with van der Waals surface area (Å²) in [6.45, 7) is 5.42. The number of nitrogen functional groups attached to an aromatic ring is 1. The largest absolute Gasteiger partial charge is 1.00 e. The number of aliphatic hydroxyl groups excluding tert-OH is 2. The first-order valence-electron chi connectivity index (χ1n) is 24.1. The molecule has 0 aliphatic rings. The van der Waals surface area contributed by atoms with Crippen molar-refractivity contribution in [3.8, 4) is 33.9 Å². The maximum absolute atomic E-state index is 12.0. The molecule has 9 aromatic rings. The van der Waals surface area contributed by atoms with Gasteiger partial charge in [0.1, 0.15) is 12.1 Å². The van der Waals surface area contributed by atoms with Gasteiger partial charge in [0, 0.05) is 92.4 Å². The number of hydrogen-bond donors (Lipinski definition) is 4. The van der Waals surface area contributed by atoms with Crippen molar-refractivity contribution in [2.75, 3.05) is 13.2 Å². The summed E-state index contributed by atoms with van der Waals surface area (Å²) in [5.74, 6) is 0.925. The van der Waals surface area contributed by atoms with Crippen LogP contribution >= 0.6 is 156 Å². The van der Waals surface area contributed by atoms with E-state index in [2.05, 4.69) is 168 Å². The first kappa shape index (κ1) is 80.5. The molecule has 0 saturated carbocycles. The van der Waals surface area contributed by atoms with Crippen molar-refractivity contribution in [2.24, 2.45) is 5.73 Å². The Morgan fingerprint density at radius 2 is 0.833 bits per heavy atom. The van der Waals surface area contributed by atoms with Crippen molar-refractivity contribution in [2.45, 2.75) is 20.8 Å². The Kier molecular flexibility index (Phi) is 43.1. The maximum atomic E-state index is 12.0. The average molecular weight is 1740 g/mol. The molecule has 1 aromatic heterocycles. The van der Waals surface area contributed by atoms with Gasteiger partial charge >= 0.3 is 29.6 Å². The number of amidine groups is 1. The van der Waals surface area contributed by atoms with Crippen molar-refractivity contribution >= 4 is 186 Å². The number of Topliss-reactive ketones (excluding diaryl/α,β-unsaturated/α-hetero) is 1. The summed E-state index contributed by atoms with van der Waals surface area (Å²) in [7, 11) is 0. The molecular formula is C63H55Br9ClN4NaO6. The number of carbonyl (C=O) groups excluding carboxylic acids is 3. The Morgan fingerprint density at radius 3 is 1.21 bits per heavy atom. The van der Waals surface area contributed by atoms with Crippen molar-refractivity contribution in [3.05, 3.63) is 268 Å². The Morgan fingerprint density at radius 1 is 0.476 bits per heavy atom. The number of nitrogens with zero attached hydrogens (tertiary/aromatic N) is 2. The van der Waals surface area contributed by atoms with E-state index in [4.69, 9.17) is 31.3 Å². The van der Waals surface area contributed by atoms with Gasteiger partial charge in [0.05, 0.1) is 11.4 Å². The number of benzene rings is 8. The van der Waals surface area contributed by atoms with E-state index < -0.39 is 0 Å². The van der Waals surface area contributed by atoms with E-state index in [1.165, 1.54) is 0 Å². The van der Waals surface area contributed by atoms with Crippen molar-refractivity contribution in [1.29, 1.82) is 5.41 Å². The molecule has 21 heteroatoms. The second-order valence-corrected chi connectivity index (χ2v) is 24.4. The first-order valence-corrected chi connectivity index (χ1v) is 31.2. The second-order valence-electron chi connectivity index (χ2n) is 16.2. The van der Waals surface area contributed by atoms with E-state index in [9.17, 15) is 14.4 Å². The zero-order chi connectivity index (χ0) is 59.9. The van der Waals surface area contributed by atoms with Gasteiger partial charge in [-0.05, 0) is 142 Å². The van der Waals surface area contributed by atoms with Gasteiger partial charge in [-0.25, -0.2) is 9.97 Å². The van der Waals surface area contributed by atoms with E-state index >= 15 is 0 Å². The number of ketones is 2. The predicted molar refractivity (Wildman–Crippen MR) is 374 cm³/mol. The number of allylic oxidation sites excluding steroid dienone is 1. The molecule has 0 radical (unpaired) electrons. The zero-order valence-corrected chi connectivity index (χ0v) is 62.6. The van der Waals surface area contributed by atoms with Crippen molar-refractivity contribution in [1.82, 2.24) is 9.97 Å². The van der Waals surface area contributed by atoms with Gasteiger partial charge in [0.25, 0.3) is 0 Å². The molecule has 0 atom stereocenters. The molecule has 0 aliphatic carbocycles. The fourth-order valence-electron chi connectivity index (χ4n) is 6.28. The van der Waals surface area contributed by atoms with E-state index in [-0.39, 0.29) is 78.1 Å². The van der Waals surface area contributed by atoms with Crippen LogP contribution < -0.4 is 35.3 Å². The number of rotatable bonds is 9. The molecule has 0 spiro atoms.